The molecule has 0 spiro atoms. The lowest BCUT2D eigenvalue weighted by Gasteiger charge is -2.35. The molecule has 1 amide bonds. The number of ether oxygens (including phenoxy) is 2. The van der Waals surface area contributed by atoms with E-state index in [0.29, 0.717) is 11.8 Å². The summed E-state index contributed by atoms with van der Waals surface area (Å²) in [6, 6.07) is 10.1. The van der Waals surface area contributed by atoms with E-state index in [4.69, 9.17) is 9.47 Å². The molecule has 1 saturated heterocycles. The van der Waals surface area contributed by atoms with Crippen molar-refractivity contribution in [1.82, 2.24) is 20.8 Å². The van der Waals surface area contributed by atoms with Crippen LogP contribution >= 0.6 is 0 Å². The zero-order chi connectivity index (χ0) is 25.3. The largest absolute Gasteiger partial charge is 0.490 e. The summed E-state index contributed by atoms with van der Waals surface area (Å²) in [5, 5.41) is 15.4. The third-order valence-corrected chi connectivity index (χ3v) is 7.66. The predicted molar refractivity (Wildman–Crippen MR) is 142 cm³/mol. The number of rotatable bonds is 10. The maximum atomic E-state index is 13.2. The molecule has 196 valence electrons. The summed E-state index contributed by atoms with van der Waals surface area (Å²) >= 11 is 0. The molecule has 1 aliphatic carbocycles. The Bertz CT molecular complexity index is 975. The molecular formula is C29H42N4O3. The van der Waals surface area contributed by atoms with Crippen molar-refractivity contribution in [2.75, 3.05) is 20.2 Å². The van der Waals surface area contributed by atoms with Crippen LogP contribution < -0.4 is 15.4 Å². The molecule has 2 N–H and O–H groups in total. The Labute approximate surface area is 215 Å². The first-order valence-electron chi connectivity index (χ1n) is 13.8. The highest BCUT2D eigenvalue weighted by atomic mass is 16.5. The van der Waals surface area contributed by atoms with Gasteiger partial charge in [0.05, 0.1) is 17.9 Å². The Morgan fingerprint density at radius 2 is 1.92 bits per heavy atom. The third-order valence-electron chi connectivity index (χ3n) is 7.66. The molecule has 2 aliphatic rings. The van der Waals surface area contributed by atoms with Crippen molar-refractivity contribution in [3.63, 3.8) is 0 Å². The van der Waals surface area contributed by atoms with Gasteiger partial charge in [0.2, 0.25) is 0 Å². The highest BCUT2D eigenvalue weighted by molar-refractivity contribution is 5.93. The van der Waals surface area contributed by atoms with Crippen LogP contribution in [0.2, 0.25) is 0 Å². The highest BCUT2D eigenvalue weighted by Gasteiger charge is 2.31. The van der Waals surface area contributed by atoms with Crippen molar-refractivity contribution in [1.29, 1.82) is 0 Å². The number of piperidine rings is 1. The number of nitrogens with one attached hydrogen (secondary N) is 2. The molecule has 7 nitrogen and oxygen atoms in total. The molecule has 3 atom stereocenters. The summed E-state index contributed by atoms with van der Waals surface area (Å²) in [7, 11) is 1.75. The van der Waals surface area contributed by atoms with E-state index in [1.165, 1.54) is 19.3 Å². The topological polar surface area (TPSA) is 85.4 Å². The van der Waals surface area contributed by atoms with Crippen molar-refractivity contribution in [2.24, 2.45) is 5.92 Å². The van der Waals surface area contributed by atoms with E-state index in [9.17, 15) is 4.79 Å². The van der Waals surface area contributed by atoms with Crippen LogP contribution in [-0.2, 0) is 11.2 Å². The molecule has 0 bridgehead atoms. The number of hydrogen-bond donors (Lipinski definition) is 2. The molecular weight excluding hydrogens is 452 g/mol. The van der Waals surface area contributed by atoms with E-state index in [-0.39, 0.29) is 24.0 Å². The molecule has 1 saturated carbocycles. The molecule has 1 aliphatic heterocycles. The van der Waals surface area contributed by atoms with Crippen molar-refractivity contribution in [3.8, 4) is 16.9 Å². The highest BCUT2D eigenvalue weighted by Crippen LogP contribution is 2.29. The molecule has 1 aromatic heterocycles. The van der Waals surface area contributed by atoms with Crippen molar-refractivity contribution < 1.29 is 14.3 Å². The quantitative estimate of drug-likeness (QED) is 0.487. The van der Waals surface area contributed by atoms with Crippen LogP contribution in [0.15, 0.2) is 30.3 Å². The molecule has 7 heteroatoms. The van der Waals surface area contributed by atoms with Gasteiger partial charge in [-0.05, 0) is 82.2 Å². The number of nitrogens with zero attached hydrogens (tertiary/aromatic N) is 2. The van der Waals surface area contributed by atoms with Gasteiger partial charge in [-0.15, -0.1) is 5.10 Å². The van der Waals surface area contributed by atoms with E-state index in [0.717, 1.165) is 74.2 Å². The lowest BCUT2D eigenvalue weighted by Crippen LogP contribution is -2.51. The number of aromatic nitrogens is 2. The molecule has 2 fully saturated rings. The fourth-order valence-electron chi connectivity index (χ4n) is 5.43. The smallest absolute Gasteiger partial charge is 0.272 e. The SMILES string of the molecule is CCCCc1nnc(C(=O)NC(C)C2CNCCC2OC)cc1-c1ccc(OC2CCCCC2)cc1. The van der Waals surface area contributed by atoms with E-state index in [1.807, 2.05) is 25.1 Å². The number of carbonyl (C=O) groups is 1. The minimum absolute atomic E-state index is 0.0449. The number of carbonyl (C=O) groups excluding carboxylic acids is 1. The van der Waals surface area contributed by atoms with Crippen LogP contribution in [0.1, 0.15) is 81.4 Å². The van der Waals surface area contributed by atoms with Crippen LogP contribution in [0.4, 0.5) is 0 Å². The number of amides is 1. The number of unbranched alkanes of at least 4 members (excludes halogenated alkanes) is 1. The second-order valence-electron chi connectivity index (χ2n) is 10.3. The third kappa shape index (κ3) is 6.83. The second kappa shape index (κ2) is 13.2. The summed E-state index contributed by atoms with van der Waals surface area (Å²) in [6.07, 6.45) is 10.4. The van der Waals surface area contributed by atoms with Crippen LogP contribution in [0.5, 0.6) is 5.75 Å². The zero-order valence-electron chi connectivity index (χ0n) is 22.1. The first-order chi connectivity index (χ1) is 17.6. The average molecular weight is 495 g/mol. The van der Waals surface area contributed by atoms with Gasteiger partial charge in [-0.2, -0.15) is 5.10 Å². The molecule has 2 aromatic rings. The van der Waals surface area contributed by atoms with Gasteiger partial charge in [0.1, 0.15) is 5.75 Å². The minimum atomic E-state index is -0.198. The lowest BCUT2D eigenvalue weighted by atomic mass is 9.89. The van der Waals surface area contributed by atoms with Gasteiger partial charge in [0.15, 0.2) is 5.69 Å². The number of methoxy groups -OCH3 is 1. The van der Waals surface area contributed by atoms with Gasteiger partial charge in [-0.1, -0.05) is 31.9 Å². The Kier molecular flexibility index (Phi) is 9.70. The average Bonchev–Trinajstić information content (AvgIpc) is 2.92. The van der Waals surface area contributed by atoms with Crippen LogP contribution in [0, 0.1) is 5.92 Å². The summed E-state index contributed by atoms with van der Waals surface area (Å²) in [6.45, 7) is 5.97. The zero-order valence-corrected chi connectivity index (χ0v) is 22.1. The molecule has 36 heavy (non-hydrogen) atoms. The van der Waals surface area contributed by atoms with E-state index < -0.39 is 0 Å². The van der Waals surface area contributed by atoms with E-state index in [1.54, 1.807) is 7.11 Å². The molecule has 2 heterocycles. The number of benzene rings is 1. The predicted octanol–water partition coefficient (Wildman–Crippen LogP) is 4.94. The van der Waals surface area contributed by atoms with Crippen molar-refractivity contribution in [2.45, 2.75) is 89.9 Å². The van der Waals surface area contributed by atoms with Gasteiger partial charge in [-0.3, -0.25) is 4.79 Å². The molecule has 3 unspecified atom stereocenters. The van der Waals surface area contributed by atoms with Crippen molar-refractivity contribution >= 4 is 5.91 Å². The summed E-state index contributed by atoms with van der Waals surface area (Å²) < 4.78 is 11.9. The standard InChI is InChI=1S/C29H42N4O3/c1-4-5-11-26-24(21-12-14-23(15-13-21)36-22-9-7-6-8-10-22)18-27(33-32-26)29(34)31-20(2)25-19-30-17-16-28(25)35-3/h12-15,18,20,22,25,28,30H,4-11,16-17,19H2,1-3H3,(H,31,34). The molecule has 0 radical (unpaired) electrons. The molecule has 1 aromatic carbocycles. The number of hydrogen-bond acceptors (Lipinski definition) is 6. The Morgan fingerprint density at radius 3 is 2.64 bits per heavy atom. The Balaban J connectivity index is 1.50. The van der Waals surface area contributed by atoms with Gasteiger partial charge in [0.25, 0.3) is 5.91 Å². The maximum absolute atomic E-state index is 13.2. The Morgan fingerprint density at radius 1 is 1.14 bits per heavy atom. The normalized spacial score (nSPS) is 21.6. The van der Waals surface area contributed by atoms with Crippen LogP contribution in [0.25, 0.3) is 11.1 Å². The first-order valence-corrected chi connectivity index (χ1v) is 13.8. The summed E-state index contributed by atoms with van der Waals surface area (Å²) in [5.41, 5.74) is 3.27. The van der Waals surface area contributed by atoms with Gasteiger partial charge >= 0.3 is 0 Å². The van der Waals surface area contributed by atoms with Gasteiger partial charge < -0.3 is 20.1 Å². The fourth-order valence-corrected chi connectivity index (χ4v) is 5.43. The van der Waals surface area contributed by atoms with Crippen molar-refractivity contribution in [3.05, 3.63) is 41.7 Å². The van der Waals surface area contributed by atoms with Crippen LogP contribution in [0.3, 0.4) is 0 Å². The fraction of sp³-hybridized carbons (Fsp3) is 0.621. The monoisotopic (exact) mass is 494 g/mol. The second-order valence-corrected chi connectivity index (χ2v) is 10.3. The number of aryl methyl sites for hydroxylation is 1. The first kappa shape index (κ1) is 26.6. The van der Waals surface area contributed by atoms with Gasteiger partial charge in [-0.25, -0.2) is 0 Å². The summed E-state index contributed by atoms with van der Waals surface area (Å²) in [5.74, 6) is 0.917. The van der Waals surface area contributed by atoms with Crippen LogP contribution in [-0.4, -0.2) is 54.6 Å². The Hall–Kier alpha value is -2.51. The molecule has 4 rings (SSSR count). The van der Waals surface area contributed by atoms with Gasteiger partial charge in [0, 0.05) is 31.2 Å². The van der Waals surface area contributed by atoms with E-state index in [2.05, 4.69) is 39.9 Å². The maximum Gasteiger partial charge on any atom is 0.272 e. The summed E-state index contributed by atoms with van der Waals surface area (Å²) in [4.78, 5) is 13.2. The van der Waals surface area contributed by atoms with E-state index >= 15 is 0 Å². The minimum Gasteiger partial charge on any atom is -0.490 e. The lowest BCUT2D eigenvalue weighted by molar-refractivity contribution is 0.0181.